The van der Waals surface area contributed by atoms with Crippen LogP contribution in [0, 0.1) is 5.92 Å². The van der Waals surface area contributed by atoms with Crippen LogP contribution in [0.25, 0.3) is 0 Å². The van der Waals surface area contributed by atoms with Gasteiger partial charge in [-0.25, -0.2) is 0 Å². The molecule has 0 aromatic heterocycles. The number of nitrogens with one attached hydrogen (secondary N) is 1. The van der Waals surface area contributed by atoms with Crippen LogP contribution in [0.2, 0.25) is 0 Å². The molecule has 0 radical (unpaired) electrons. The molecule has 6 nitrogen and oxygen atoms in total. The largest absolute Gasteiger partial charge is 0.454 e. The molecule has 1 saturated heterocycles. The van der Waals surface area contributed by atoms with Crippen molar-refractivity contribution in [2.75, 3.05) is 18.2 Å². The lowest BCUT2D eigenvalue weighted by Crippen LogP contribution is -2.44. The molecule has 4 rings (SSSR count). The topological polar surface area (TPSA) is 67.9 Å². The Balaban J connectivity index is 1.47. The van der Waals surface area contributed by atoms with E-state index in [1.54, 1.807) is 12.1 Å². The molecule has 0 saturated carbocycles. The van der Waals surface area contributed by atoms with Crippen LogP contribution in [0.5, 0.6) is 11.5 Å². The fourth-order valence-electron chi connectivity index (χ4n) is 3.75. The van der Waals surface area contributed by atoms with Gasteiger partial charge in [0.1, 0.15) is 0 Å². The van der Waals surface area contributed by atoms with Crippen molar-refractivity contribution in [3.8, 4) is 11.5 Å². The minimum absolute atomic E-state index is 0.0171. The van der Waals surface area contributed by atoms with Crippen LogP contribution in [-0.2, 0) is 21.3 Å². The summed E-state index contributed by atoms with van der Waals surface area (Å²) < 4.78 is 49.7. The molecule has 2 aromatic carbocycles. The van der Waals surface area contributed by atoms with E-state index in [2.05, 4.69) is 5.32 Å². The summed E-state index contributed by atoms with van der Waals surface area (Å²) in [5.41, 5.74) is -0.672. The molecule has 1 atom stereocenters. The minimum atomic E-state index is -4.51. The summed E-state index contributed by atoms with van der Waals surface area (Å²) in [6, 6.07) is 9.93. The molecule has 2 aliphatic heterocycles. The number of nitrogens with zero attached hydrogens (tertiary/aromatic N) is 1. The van der Waals surface area contributed by atoms with Crippen LogP contribution in [-0.4, -0.2) is 25.2 Å². The normalized spacial score (nSPS) is 18.4. The van der Waals surface area contributed by atoms with E-state index < -0.39 is 23.2 Å². The van der Waals surface area contributed by atoms with Gasteiger partial charge in [0.25, 0.3) is 0 Å². The molecule has 1 N–H and O–H groups in total. The summed E-state index contributed by atoms with van der Waals surface area (Å²) in [4.78, 5) is 26.6. The van der Waals surface area contributed by atoms with E-state index in [0.717, 1.165) is 17.7 Å². The average molecular weight is 434 g/mol. The van der Waals surface area contributed by atoms with Gasteiger partial charge < -0.3 is 19.7 Å². The molecule has 0 aliphatic carbocycles. The fraction of sp³-hybridized carbons (Fsp3) is 0.364. The third-order valence-corrected chi connectivity index (χ3v) is 5.51. The predicted molar refractivity (Wildman–Crippen MR) is 106 cm³/mol. The third kappa shape index (κ3) is 4.17. The molecule has 1 fully saturated rings. The molecule has 2 aromatic rings. The molecule has 31 heavy (non-hydrogen) atoms. The molecule has 0 bridgehead atoms. The maximum Gasteiger partial charge on any atom is 0.416 e. The Kier molecular flexibility index (Phi) is 5.07. The zero-order valence-corrected chi connectivity index (χ0v) is 17.0. The molecular formula is C22H21F3N2O4. The van der Waals surface area contributed by atoms with E-state index in [9.17, 15) is 22.8 Å². The number of rotatable bonds is 4. The third-order valence-electron chi connectivity index (χ3n) is 5.51. The van der Waals surface area contributed by atoms with Gasteiger partial charge in [-0.15, -0.1) is 0 Å². The maximum absolute atomic E-state index is 13.0. The number of carbonyl (C=O) groups excluding carboxylic acids is 2. The van der Waals surface area contributed by atoms with E-state index in [-0.39, 0.29) is 37.3 Å². The van der Waals surface area contributed by atoms with Crippen molar-refractivity contribution < 1.29 is 32.2 Å². The standard InChI is InChI=1S/C22H21F3N2O4/c1-21(2,14-6-7-17-18(10-14)31-12-30-17)26-20(29)13-8-19(28)27(11-13)16-5-3-4-15(9-16)22(23,24)25/h3-7,9-10,13H,8,11-12H2,1-2H3,(H,26,29). The Morgan fingerprint density at radius 3 is 2.55 bits per heavy atom. The summed E-state index contributed by atoms with van der Waals surface area (Å²) >= 11 is 0. The summed E-state index contributed by atoms with van der Waals surface area (Å²) in [5.74, 6) is -0.184. The van der Waals surface area contributed by atoms with Gasteiger partial charge in [0.05, 0.1) is 17.0 Å². The summed E-state index contributed by atoms with van der Waals surface area (Å²) in [6.45, 7) is 3.80. The molecule has 2 aliphatic rings. The first-order valence-electron chi connectivity index (χ1n) is 9.74. The second-order valence-corrected chi connectivity index (χ2v) is 8.14. The van der Waals surface area contributed by atoms with E-state index in [0.29, 0.717) is 11.5 Å². The van der Waals surface area contributed by atoms with Crippen LogP contribution in [0.15, 0.2) is 42.5 Å². The smallest absolute Gasteiger partial charge is 0.416 e. The zero-order chi connectivity index (χ0) is 22.4. The zero-order valence-electron chi connectivity index (χ0n) is 17.0. The van der Waals surface area contributed by atoms with Gasteiger partial charge in [-0.3, -0.25) is 9.59 Å². The summed E-state index contributed by atoms with van der Waals surface area (Å²) in [5, 5.41) is 2.94. The lowest BCUT2D eigenvalue weighted by Gasteiger charge is -2.28. The Morgan fingerprint density at radius 1 is 1.06 bits per heavy atom. The van der Waals surface area contributed by atoms with E-state index >= 15 is 0 Å². The first-order chi connectivity index (χ1) is 14.5. The van der Waals surface area contributed by atoms with E-state index in [1.165, 1.54) is 17.0 Å². The second-order valence-electron chi connectivity index (χ2n) is 8.14. The summed E-state index contributed by atoms with van der Waals surface area (Å²) in [6.07, 6.45) is -4.58. The number of hydrogen-bond acceptors (Lipinski definition) is 4. The first-order valence-corrected chi connectivity index (χ1v) is 9.74. The van der Waals surface area contributed by atoms with E-state index in [4.69, 9.17) is 9.47 Å². The van der Waals surface area contributed by atoms with Crippen molar-refractivity contribution in [1.82, 2.24) is 5.32 Å². The highest BCUT2D eigenvalue weighted by Gasteiger charge is 2.38. The van der Waals surface area contributed by atoms with Crippen LogP contribution >= 0.6 is 0 Å². The predicted octanol–water partition coefficient (Wildman–Crippen LogP) is 3.84. The Morgan fingerprint density at radius 2 is 1.81 bits per heavy atom. The van der Waals surface area contributed by atoms with Gasteiger partial charge in [-0.2, -0.15) is 13.2 Å². The number of hydrogen-bond donors (Lipinski definition) is 1. The number of amides is 2. The Hall–Kier alpha value is -3.23. The van der Waals surface area contributed by atoms with Crippen molar-refractivity contribution in [3.63, 3.8) is 0 Å². The van der Waals surface area contributed by atoms with Crippen LogP contribution in [0.1, 0.15) is 31.4 Å². The van der Waals surface area contributed by atoms with Crippen LogP contribution in [0.4, 0.5) is 18.9 Å². The lowest BCUT2D eigenvalue weighted by atomic mass is 9.92. The number of alkyl halides is 3. The average Bonchev–Trinajstić information content (AvgIpc) is 3.33. The van der Waals surface area contributed by atoms with Crippen molar-refractivity contribution in [2.45, 2.75) is 32.0 Å². The van der Waals surface area contributed by atoms with Gasteiger partial charge in [-0.1, -0.05) is 12.1 Å². The highest BCUT2D eigenvalue weighted by Crippen LogP contribution is 2.36. The number of benzene rings is 2. The van der Waals surface area contributed by atoms with Gasteiger partial charge in [0.15, 0.2) is 11.5 Å². The van der Waals surface area contributed by atoms with Crippen molar-refractivity contribution >= 4 is 17.5 Å². The van der Waals surface area contributed by atoms with Gasteiger partial charge in [0.2, 0.25) is 18.6 Å². The molecular weight excluding hydrogens is 413 g/mol. The van der Waals surface area contributed by atoms with E-state index in [1.807, 2.05) is 19.9 Å². The Labute approximate surface area is 176 Å². The minimum Gasteiger partial charge on any atom is -0.454 e. The fourth-order valence-corrected chi connectivity index (χ4v) is 3.75. The van der Waals surface area contributed by atoms with Gasteiger partial charge >= 0.3 is 6.18 Å². The highest BCUT2D eigenvalue weighted by molar-refractivity contribution is 6.00. The van der Waals surface area contributed by atoms with Crippen LogP contribution < -0.4 is 19.7 Å². The van der Waals surface area contributed by atoms with Crippen molar-refractivity contribution in [2.24, 2.45) is 5.92 Å². The van der Waals surface area contributed by atoms with Crippen molar-refractivity contribution in [3.05, 3.63) is 53.6 Å². The number of halogens is 3. The molecule has 164 valence electrons. The van der Waals surface area contributed by atoms with Gasteiger partial charge in [-0.05, 0) is 49.7 Å². The quantitative estimate of drug-likeness (QED) is 0.794. The first kappa shape index (κ1) is 21.0. The van der Waals surface area contributed by atoms with Crippen molar-refractivity contribution in [1.29, 1.82) is 0 Å². The SMILES string of the molecule is CC(C)(NC(=O)C1CC(=O)N(c2cccc(C(F)(F)F)c2)C1)c1ccc2c(c1)OCO2. The molecule has 2 amide bonds. The molecule has 2 heterocycles. The van der Waals surface area contributed by atoms with Gasteiger partial charge in [0, 0.05) is 18.7 Å². The second kappa shape index (κ2) is 7.47. The number of fused-ring (bicyclic) bond motifs is 1. The molecule has 0 spiro atoms. The lowest BCUT2D eigenvalue weighted by molar-refractivity contribution is -0.137. The van der Waals surface area contributed by atoms with Crippen LogP contribution in [0.3, 0.4) is 0 Å². The summed E-state index contributed by atoms with van der Waals surface area (Å²) in [7, 11) is 0. The monoisotopic (exact) mass is 434 g/mol. The number of anilines is 1. The number of ether oxygens (including phenoxy) is 2. The maximum atomic E-state index is 13.0. The highest BCUT2D eigenvalue weighted by atomic mass is 19.4. The molecule has 9 heteroatoms. The number of carbonyl (C=O) groups is 2. The molecule has 1 unspecified atom stereocenters. The Bertz CT molecular complexity index is 1040.